The van der Waals surface area contributed by atoms with Crippen molar-refractivity contribution < 1.29 is 18.0 Å². The Morgan fingerprint density at radius 1 is 1.31 bits per heavy atom. The number of ketones is 1. The molecule has 1 fully saturated rings. The van der Waals surface area contributed by atoms with E-state index >= 15 is 0 Å². The van der Waals surface area contributed by atoms with Gasteiger partial charge in [-0.15, -0.1) is 21.5 Å². The van der Waals surface area contributed by atoms with Crippen LogP contribution in [0.1, 0.15) is 40.6 Å². The second-order valence-corrected chi connectivity index (χ2v) is 8.97. The molecule has 4 rings (SSSR count). The topological polar surface area (TPSA) is 52.7 Å². The van der Waals surface area contributed by atoms with Crippen molar-refractivity contribution >= 4 is 28.9 Å². The fraction of sp³-hybridized carbons (Fsp3) is 0.421. The Kier molecular flexibility index (Phi) is 5.32. The molecule has 0 atom stereocenters. The summed E-state index contributed by atoms with van der Waals surface area (Å²) in [6, 6.07) is 5.82. The molecule has 1 saturated carbocycles. The maximum absolute atomic E-state index is 12.8. The first-order valence-electron chi connectivity index (χ1n) is 9.13. The molecule has 1 aliphatic carbocycles. The summed E-state index contributed by atoms with van der Waals surface area (Å²) in [5.41, 5.74) is 1.10. The average molecular weight is 441 g/mol. The van der Waals surface area contributed by atoms with E-state index in [4.69, 9.17) is 0 Å². The highest BCUT2D eigenvalue weighted by molar-refractivity contribution is 7.99. The Hall–Kier alpha value is -2.07. The Morgan fingerprint density at radius 2 is 2.07 bits per heavy atom. The van der Waals surface area contributed by atoms with Crippen molar-refractivity contribution in [2.45, 2.75) is 50.6 Å². The smallest absolute Gasteiger partial charge is 0.339 e. The highest BCUT2D eigenvalue weighted by Gasteiger charge is 2.32. The molecular formula is C19H19F3N4OS2. The van der Waals surface area contributed by atoms with Crippen LogP contribution in [0.5, 0.6) is 0 Å². The molecule has 0 unspecified atom stereocenters. The van der Waals surface area contributed by atoms with Crippen LogP contribution in [0.2, 0.25) is 0 Å². The highest BCUT2D eigenvalue weighted by atomic mass is 32.2. The molecule has 0 spiro atoms. The lowest BCUT2D eigenvalue weighted by molar-refractivity contribution is -0.141. The van der Waals surface area contributed by atoms with Crippen molar-refractivity contribution in [1.82, 2.24) is 19.3 Å². The third kappa shape index (κ3) is 4.28. The van der Waals surface area contributed by atoms with Crippen molar-refractivity contribution in [1.29, 1.82) is 0 Å². The average Bonchev–Trinajstić information content (AvgIpc) is 3.07. The lowest BCUT2D eigenvalue weighted by Gasteiger charge is -2.12. The van der Waals surface area contributed by atoms with Crippen LogP contribution in [0.25, 0.3) is 10.7 Å². The molecule has 29 heavy (non-hydrogen) atoms. The third-order valence-electron chi connectivity index (χ3n) is 4.86. The molecule has 3 heterocycles. The molecule has 0 bridgehead atoms. The zero-order valence-electron chi connectivity index (χ0n) is 15.9. The number of rotatable bonds is 7. The minimum Gasteiger partial charge on any atom is -0.339 e. The molecule has 154 valence electrons. The molecule has 10 heteroatoms. The van der Waals surface area contributed by atoms with Crippen LogP contribution in [-0.4, -0.2) is 37.0 Å². The summed E-state index contributed by atoms with van der Waals surface area (Å²) in [5, 5.41) is 11.2. The summed E-state index contributed by atoms with van der Waals surface area (Å²) < 4.78 is 41.6. The van der Waals surface area contributed by atoms with E-state index in [2.05, 4.69) is 14.8 Å². The third-order valence-corrected chi connectivity index (χ3v) is 6.67. The van der Waals surface area contributed by atoms with E-state index in [0.29, 0.717) is 28.1 Å². The lowest BCUT2D eigenvalue weighted by Crippen LogP contribution is -2.19. The number of alkyl halides is 3. The van der Waals surface area contributed by atoms with Crippen LogP contribution >= 0.6 is 23.1 Å². The number of carbonyl (C=O) groups is 1. The number of Topliss-reactive ketones (excluding diaryl/α,β-unsaturated/α-hetero) is 1. The number of aryl methyl sites for hydroxylation is 1. The fourth-order valence-electron chi connectivity index (χ4n) is 3.33. The van der Waals surface area contributed by atoms with Crippen LogP contribution in [0.3, 0.4) is 0 Å². The van der Waals surface area contributed by atoms with E-state index in [0.717, 1.165) is 28.1 Å². The van der Waals surface area contributed by atoms with Gasteiger partial charge in [-0.2, -0.15) is 13.2 Å². The van der Waals surface area contributed by atoms with E-state index in [1.165, 1.54) is 17.8 Å². The summed E-state index contributed by atoms with van der Waals surface area (Å²) in [4.78, 5) is 13.8. The summed E-state index contributed by atoms with van der Waals surface area (Å²) in [7, 11) is 0. The van der Waals surface area contributed by atoms with Gasteiger partial charge in [0.2, 0.25) is 0 Å². The number of aromatic nitrogens is 4. The molecular weight excluding hydrogens is 421 g/mol. The molecule has 3 aromatic heterocycles. The standard InChI is InChI=1S/C19H19F3N4OS2/c1-11-8-14(12(2)25(11)10-19(20,21)22)15(27)9-29-18-24-23-17(16-4-3-7-28-16)26(18)13-5-6-13/h3-4,7-8,13H,5-6,9-10H2,1-2H3. The predicted molar refractivity (Wildman–Crippen MR) is 107 cm³/mol. The van der Waals surface area contributed by atoms with Gasteiger partial charge < -0.3 is 4.57 Å². The normalized spacial score (nSPS) is 14.5. The SMILES string of the molecule is Cc1cc(C(=O)CSc2nnc(-c3cccs3)n2C2CC2)c(C)n1CC(F)(F)F. The van der Waals surface area contributed by atoms with E-state index in [1.807, 2.05) is 17.5 Å². The lowest BCUT2D eigenvalue weighted by atomic mass is 10.2. The van der Waals surface area contributed by atoms with Gasteiger partial charge in [-0.05, 0) is 44.2 Å². The van der Waals surface area contributed by atoms with Crippen LogP contribution in [0.15, 0.2) is 28.7 Å². The van der Waals surface area contributed by atoms with E-state index in [-0.39, 0.29) is 11.5 Å². The van der Waals surface area contributed by atoms with Gasteiger partial charge in [0.25, 0.3) is 0 Å². The molecule has 5 nitrogen and oxygen atoms in total. The van der Waals surface area contributed by atoms with Gasteiger partial charge in [0.05, 0.1) is 10.6 Å². The van der Waals surface area contributed by atoms with Gasteiger partial charge in [-0.25, -0.2) is 0 Å². The minimum absolute atomic E-state index is 0.103. The van der Waals surface area contributed by atoms with Gasteiger partial charge in [0.1, 0.15) is 6.54 Å². The number of thioether (sulfide) groups is 1. The first kappa shape index (κ1) is 20.2. The minimum atomic E-state index is -4.33. The summed E-state index contributed by atoms with van der Waals surface area (Å²) in [5.74, 6) is 0.700. The molecule has 1 aliphatic rings. The van der Waals surface area contributed by atoms with Crippen molar-refractivity contribution in [3.63, 3.8) is 0 Å². The van der Waals surface area contributed by atoms with Gasteiger partial charge in [-0.1, -0.05) is 17.8 Å². The van der Waals surface area contributed by atoms with Crippen LogP contribution in [0.4, 0.5) is 13.2 Å². The van der Waals surface area contributed by atoms with Crippen LogP contribution in [0, 0.1) is 13.8 Å². The van der Waals surface area contributed by atoms with Crippen LogP contribution < -0.4 is 0 Å². The first-order chi connectivity index (χ1) is 13.7. The van der Waals surface area contributed by atoms with Crippen molar-refractivity contribution in [3.05, 3.63) is 40.5 Å². The van der Waals surface area contributed by atoms with Gasteiger partial charge in [0, 0.05) is 23.0 Å². The molecule has 3 aromatic rings. The maximum atomic E-state index is 12.8. The molecule has 0 radical (unpaired) electrons. The number of hydrogen-bond acceptors (Lipinski definition) is 5. The second kappa shape index (κ2) is 7.64. The Balaban J connectivity index is 1.52. The van der Waals surface area contributed by atoms with Crippen molar-refractivity contribution in [2.75, 3.05) is 5.75 Å². The number of hydrogen-bond donors (Lipinski definition) is 0. The zero-order chi connectivity index (χ0) is 20.8. The fourth-order valence-corrected chi connectivity index (χ4v) is 4.92. The number of nitrogens with zero attached hydrogens (tertiary/aromatic N) is 4. The summed E-state index contributed by atoms with van der Waals surface area (Å²) in [6.45, 7) is 2.04. The van der Waals surface area contributed by atoms with E-state index in [9.17, 15) is 18.0 Å². The first-order valence-corrected chi connectivity index (χ1v) is 11.0. The Bertz CT molecular complexity index is 1030. The molecule has 0 saturated heterocycles. The number of carbonyl (C=O) groups excluding carboxylic acids is 1. The largest absolute Gasteiger partial charge is 0.406 e. The second-order valence-electron chi connectivity index (χ2n) is 7.08. The number of thiophene rings is 1. The Labute approximate surface area is 173 Å². The zero-order valence-corrected chi connectivity index (χ0v) is 17.5. The molecule has 0 N–H and O–H groups in total. The maximum Gasteiger partial charge on any atom is 0.406 e. The monoisotopic (exact) mass is 440 g/mol. The van der Waals surface area contributed by atoms with Crippen LogP contribution in [-0.2, 0) is 6.54 Å². The summed E-state index contributed by atoms with van der Waals surface area (Å²) in [6.07, 6.45) is -2.23. The van der Waals surface area contributed by atoms with Gasteiger partial charge in [0.15, 0.2) is 16.8 Å². The summed E-state index contributed by atoms with van der Waals surface area (Å²) >= 11 is 2.87. The number of halogens is 3. The van der Waals surface area contributed by atoms with E-state index < -0.39 is 12.7 Å². The molecule has 0 aromatic carbocycles. The van der Waals surface area contributed by atoms with Crippen molar-refractivity contribution in [3.8, 4) is 10.7 Å². The van der Waals surface area contributed by atoms with Crippen molar-refractivity contribution in [2.24, 2.45) is 0 Å². The molecule has 0 amide bonds. The predicted octanol–water partition coefficient (Wildman–Crippen LogP) is 5.30. The van der Waals surface area contributed by atoms with Gasteiger partial charge in [-0.3, -0.25) is 9.36 Å². The van der Waals surface area contributed by atoms with Gasteiger partial charge >= 0.3 is 6.18 Å². The Morgan fingerprint density at radius 3 is 2.69 bits per heavy atom. The molecule has 0 aliphatic heterocycles. The quantitative estimate of drug-likeness (QED) is 0.370. The highest BCUT2D eigenvalue weighted by Crippen LogP contribution is 2.41. The van der Waals surface area contributed by atoms with E-state index in [1.54, 1.807) is 25.2 Å².